The Morgan fingerprint density at radius 2 is 1.45 bits per heavy atom. The molecular formula is C13H5F6NO2. The highest BCUT2D eigenvalue weighted by Gasteiger charge is 2.30. The van der Waals surface area contributed by atoms with Gasteiger partial charge in [0.2, 0.25) is 5.82 Å². The van der Waals surface area contributed by atoms with Crippen LogP contribution in [0.1, 0.15) is 10.4 Å². The van der Waals surface area contributed by atoms with Gasteiger partial charge in [0.25, 0.3) is 0 Å². The molecule has 0 unspecified atom stereocenters. The molecule has 22 heavy (non-hydrogen) atoms. The number of methoxy groups -OCH3 is 1. The average molecular weight is 321 g/mol. The quantitative estimate of drug-likeness (QED) is 0.368. The third-order valence-corrected chi connectivity index (χ3v) is 2.71. The van der Waals surface area contributed by atoms with Crippen molar-refractivity contribution in [3.63, 3.8) is 0 Å². The van der Waals surface area contributed by atoms with Gasteiger partial charge >= 0.3 is 5.97 Å². The van der Waals surface area contributed by atoms with Crippen molar-refractivity contribution in [1.82, 2.24) is 4.98 Å². The predicted octanol–water partition coefficient (Wildman–Crippen LogP) is 3.37. The number of pyridine rings is 1. The first-order chi connectivity index (χ1) is 10.3. The third-order valence-electron chi connectivity index (χ3n) is 2.71. The lowest BCUT2D eigenvalue weighted by atomic mass is 10.0. The van der Waals surface area contributed by atoms with Gasteiger partial charge in [-0.15, -0.1) is 0 Å². The van der Waals surface area contributed by atoms with Crippen LogP contribution in [0, 0.1) is 34.9 Å². The van der Waals surface area contributed by atoms with Crippen molar-refractivity contribution in [3.8, 4) is 11.3 Å². The van der Waals surface area contributed by atoms with Gasteiger partial charge < -0.3 is 4.74 Å². The molecule has 0 spiro atoms. The van der Waals surface area contributed by atoms with Crippen molar-refractivity contribution in [2.45, 2.75) is 0 Å². The molecule has 2 aromatic rings. The molecule has 0 saturated heterocycles. The van der Waals surface area contributed by atoms with E-state index in [2.05, 4.69) is 9.72 Å². The summed E-state index contributed by atoms with van der Waals surface area (Å²) in [5.41, 5.74) is -3.16. The predicted molar refractivity (Wildman–Crippen MR) is 60.8 cm³/mol. The molecule has 3 nitrogen and oxygen atoms in total. The summed E-state index contributed by atoms with van der Waals surface area (Å²) in [5, 5.41) is 0. The largest absolute Gasteiger partial charge is 0.465 e. The van der Waals surface area contributed by atoms with Crippen LogP contribution in [0.2, 0.25) is 0 Å². The van der Waals surface area contributed by atoms with Crippen LogP contribution in [0.25, 0.3) is 11.3 Å². The Morgan fingerprint density at radius 1 is 0.955 bits per heavy atom. The van der Waals surface area contributed by atoms with E-state index in [-0.39, 0.29) is 0 Å². The SMILES string of the molecule is COC(=O)c1cc(F)cnc1-c1c(F)c(F)c(F)c(F)c1F. The van der Waals surface area contributed by atoms with Gasteiger partial charge in [0.1, 0.15) is 5.82 Å². The number of nitrogens with zero attached hydrogens (tertiary/aromatic N) is 1. The van der Waals surface area contributed by atoms with Gasteiger partial charge in [-0.25, -0.2) is 31.1 Å². The molecule has 0 fully saturated rings. The zero-order valence-corrected chi connectivity index (χ0v) is 10.7. The molecule has 0 atom stereocenters. The summed E-state index contributed by atoms with van der Waals surface area (Å²) < 4.78 is 84.3. The van der Waals surface area contributed by atoms with Crippen LogP contribution in [0.4, 0.5) is 26.3 Å². The second-order valence-electron chi connectivity index (χ2n) is 3.99. The number of aromatic nitrogens is 1. The highest BCUT2D eigenvalue weighted by Crippen LogP contribution is 2.32. The molecule has 0 aliphatic heterocycles. The normalized spacial score (nSPS) is 10.7. The average Bonchev–Trinajstić information content (AvgIpc) is 2.51. The van der Waals surface area contributed by atoms with E-state index in [1.54, 1.807) is 0 Å². The molecule has 1 aromatic heterocycles. The third kappa shape index (κ3) is 2.38. The molecule has 0 N–H and O–H groups in total. The minimum atomic E-state index is -2.36. The first-order valence-electron chi connectivity index (χ1n) is 5.55. The van der Waals surface area contributed by atoms with Crippen LogP contribution >= 0.6 is 0 Å². The highest BCUT2D eigenvalue weighted by molar-refractivity contribution is 5.96. The molecule has 116 valence electrons. The van der Waals surface area contributed by atoms with Crippen molar-refractivity contribution in [3.05, 3.63) is 52.7 Å². The Kier molecular flexibility index (Phi) is 4.07. The number of hydrogen-bond donors (Lipinski definition) is 0. The molecule has 1 heterocycles. The summed E-state index contributed by atoms with van der Waals surface area (Å²) in [5.74, 6) is -13.5. The lowest BCUT2D eigenvalue weighted by molar-refractivity contribution is 0.0600. The molecular weight excluding hydrogens is 316 g/mol. The molecule has 0 aliphatic rings. The number of ether oxygens (including phenoxy) is 1. The van der Waals surface area contributed by atoms with E-state index < -0.39 is 57.7 Å². The first kappa shape index (κ1) is 15.8. The minimum absolute atomic E-state index is 0.458. The molecule has 0 saturated carbocycles. The molecule has 9 heteroatoms. The number of rotatable bonds is 2. The Hall–Kier alpha value is -2.58. The monoisotopic (exact) mass is 321 g/mol. The van der Waals surface area contributed by atoms with E-state index in [4.69, 9.17) is 0 Å². The van der Waals surface area contributed by atoms with Crippen LogP contribution in [0.3, 0.4) is 0 Å². The molecule has 0 radical (unpaired) electrons. The Morgan fingerprint density at radius 3 is 1.95 bits per heavy atom. The zero-order valence-electron chi connectivity index (χ0n) is 10.7. The number of hydrogen-bond acceptors (Lipinski definition) is 3. The number of esters is 1. The van der Waals surface area contributed by atoms with E-state index in [0.29, 0.717) is 12.3 Å². The van der Waals surface area contributed by atoms with Crippen LogP contribution < -0.4 is 0 Å². The summed E-state index contributed by atoms with van der Waals surface area (Å²) in [7, 11) is 0.884. The molecule has 2 rings (SSSR count). The second kappa shape index (κ2) is 5.66. The number of carbonyl (C=O) groups excluding carboxylic acids is 1. The second-order valence-corrected chi connectivity index (χ2v) is 3.99. The van der Waals surface area contributed by atoms with Crippen LogP contribution in [0.5, 0.6) is 0 Å². The maximum absolute atomic E-state index is 13.7. The first-order valence-corrected chi connectivity index (χ1v) is 5.55. The van der Waals surface area contributed by atoms with Crippen LogP contribution in [-0.4, -0.2) is 18.1 Å². The highest BCUT2D eigenvalue weighted by atomic mass is 19.2. The van der Waals surface area contributed by atoms with E-state index >= 15 is 0 Å². The standard InChI is InChI=1S/C13H5F6NO2/c1-22-13(21)5-2-4(14)3-20-12(5)6-7(15)9(17)11(19)10(18)8(6)16/h2-3H,1H3. The number of halogens is 6. The van der Waals surface area contributed by atoms with Crippen molar-refractivity contribution in [2.24, 2.45) is 0 Å². The summed E-state index contributed by atoms with van der Waals surface area (Å²) in [6.45, 7) is 0. The summed E-state index contributed by atoms with van der Waals surface area (Å²) in [4.78, 5) is 14.7. The molecule has 0 aliphatic carbocycles. The van der Waals surface area contributed by atoms with Crippen LogP contribution in [0.15, 0.2) is 12.3 Å². The van der Waals surface area contributed by atoms with Crippen molar-refractivity contribution < 1.29 is 35.9 Å². The fourth-order valence-electron chi connectivity index (χ4n) is 1.72. The fourth-order valence-corrected chi connectivity index (χ4v) is 1.72. The topological polar surface area (TPSA) is 39.2 Å². The molecule has 0 bridgehead atoms. The van der Waals surface area contributed by atoms with Crippen molar-refractivity contribution in [2.75, 3.05) is 7.11 Å². The maximum Gasteiger partial charge on any atom is 0.340 e. The Balaban J connectivity index is 2.86. The zero-order chi connectivity index (χ0) is 16.6. The van der Waals surface area contributed by atoms with E-state index in [0.717, 1.165) is 7.11 Å². The Labute approximate surface area is 119 Å². The van der Waals surface area contributed by atoms with Gasteiger partial charge in [-0.1, -0.05) is 0 Å². The smallest absolute Gasteiger partial charge is 0.340 e. The number of carbonyl (C=O) groups is 1. The van der Waals surface area contributed by atoms with Gasteiger partial charge in [0.15, 0.2) is 23.3 Å². The summed E-state index contributed by atoms with van der Waals surface area (Å²) in [6, 6.07) is 0.506. The molecule has 0 amide bonds. The van der Waals surface area contributed by atoms with Gasteiger partial charge in [-0.3, -0.25) is 4.98 Å². The van der Waals surface area contributed by atoms with Gasteiger partial charge in [0.05, 0.1) is 30.1 Å². The van der Waals surface area contributed by atoms with E-state index in [1.807, 2.05) is 0 Å². The van der Waals surface area contributed by atoms with Crippen LogP contribution in [-0.2, 0) is 4.74 Å². The van der Waals surface area contributed by atoms with E-state index in [9.17, 15) is 31.1 Å². The molecule has 1 aromatic carbocycles. The van der Waals surface area contributed by atoms with Crippen molar-refractivity contribution in [1.29, 1.82) is 0 Å². The van der Waals surface area contributed by atoms with Gasteiger partial charge in [-0.05, 0) is 6.07 Å². The Bertz CT molecular complexity index is 749. The minimum Gasteiger partial charge on any atom is -0.465 e. The van der Waals surface area contributed by atoms with E-state index in [1.165, 1.54) is 0 Å². The maximum atomic E-state index is 13.7. The fraction of sp³-hybridized carbons (Fsp3) is 0.0769. The lowest BCUT2D eigenvalue weighted by Crippen LogP contribution is -2.10. The van der Waals surface area contributed by atoms with Gasteiger partial charge in [0, 0.05) is 0 Å². The summed E-state index contributed by atoms with van der Waals surface area (Å²) >= 11 is 0. The van der Waals surface area contributed by atoms with Crippen molar-refractivity contribution >= 4 is 5.97 Å². The van der Waals surface area contributed by atoms with Gasteiger partial charge in [-0.2, -0.15) is 0 Å². The summed E-state index contributed by atoms with van der Waals surface area (Å²) in [6.07, 6.45) is 0.458. The lowest BCUT2D eigenvalue weighted by Gasteiger charge is -2.11. The number of benzene rings is 1.